The molecular weight excluding hydrogens is 436 g/mol. The molecule has 1 fully saturated rings. The number of hydrogen-bond donors (Lipinski definition) is 1. The molecule has 1 amide bonds. The van der Waals surface area contributed by atoms with Crippen LogP contribution in [0.2, 0.25) is 0 Å². The Bertz CT molecular complexity index is 1160. The Balaban J connectivity index is 1.26. The third-order valence-electron chi connectivity index (χ3n) is 5.85. The van der Waals surface area contributed by atoms with Gasteiger partial charge in [-0.3, -0.25) is 4.79 Å². The third kappa shape index (κ3) is 6.00. The molecule has 1 N–H and O–H groups in total. The molecule has 0 atom stereocenters. The van der Waals surface area contributed by atoms with Crippen LogP contribution in [-0.4, -0.2) is 38.3 Å². The lowest BCUT2D eigenvalue weighted by atomic mass is 9.98. The van der Waals surface area contributed by atoms with Crippen molar-refractivity contribution in [3.8, 4) is 5.75 Å². The van der Waals surface area contributed by atoms with Crippen LogP contribution in [0.1, 0.15) is 28.8 Å². The summed E-state index contributed by atoms with van der Waals surface area (Å²) in [7, 11) is -3.46. The fourth-order valence-electron chi connectivity index (χ4n) is 3.90. The van der Waals surface area contributed by atoms with Crippen molar-refractivity contribution in [2.45, 2.75) is 24.3 Å². The van der Waals surface area contributed by atoms with Crippen LogP contribution in [0.3, 0.4) is 0 Å². The summed E-state index contributed by atoms with van der Waals surface area (Å²) in [5, 5.41) is 2.99. The summed E-state index contributed by atoms with van der Waals surface area (Å²) >= 11 is 0. The molecule has 0 bridgehead atoms. The first-order valence-corrected chi connectivity index (χ1v) is 12.6. The predicted molar refractivity (Wildman–Crippen MR) is 127 cm³/mol. The highest BCUT2D eigenvalue weighted by Gasteiger charge is 2.29. The van der Waals surface area contributed by atoms with Crippen LogP contribution in [0.5, 0.6) is 5.75 Å². The van der Waals surface area contributed by atoms with E-state index in [1.807, 2.05) is 42.5 Å². The van der Waals surface area contributed by atoms with Crippen molar-refractivity contribution in [1.29, 1.82) is 0 Å². The molecule has 3 aromatic rings. The summed E-state index contributed by atoms with van der Waals surface area (Å²) in [5.74, 6) is 0.735. The number of carbonyl (C=O) groups excluding carboxylic acids is 1. The molecule has 0 radical (unpaired) electrons. The van der Waals surface area contributed by atoms with Gasteiger partial charge < -0.3 is 10.1 Å². The van der Waals surface area contributed by atoms with E-state index in [-0.39, 0.29) is 11.8 Å². The number of nitrogens with zero attached hydrogens (tertiary/aromatic N) is 1. The lowest BCUT2D eigenvalue weighted by Crippen LogP contribution is -2.41. The number of rotatable bonds is 8. The number of amides is 1. The summed E-state index contributed by atoms with van der Waals surface area (Å²) in [6, 6.07) is 25.5. The molecular formula is C26H28N2O4S. The van der Waals surface area contributed by atoms with Gasteiger partial charge in [0.15, 0.2) is 0 Å². The first kappa shape index (κ1) is 23.0. The average Bonchev–Trinajstić information content (AvgIpc) is 2.87. The van der Waals surface area contributed by atoms with Crippen molar-refractivity contribution in [3.63, 3.8) is 0 Å². The van der Waals surface area contributed by atoms with E-state index in [2.05, 4.69) is 5.32 Å². The number of hydrogen-bond acceptors (Lipinski definition) is 4. The monoisotopic (exact) mass is 464 g/mol. The Hall–Kier alpha value is -3.16. The van der Waals surface area contributed by atoms with Gasteiger partial charge in [0.05, 0.1) is 4.90 Å². The van der Waals surface area contributed by atoms with Crippen molar-refractivity contribution in [3.05, 3.63) is 96.1 Å². The van der Waals surface area contributed by atoms with E-state index in [1.54, 1.807) is 42.5 Å². The Morgan fingerprint density at radius 3 is 2.27 bits per heavy atom. The maximum atomic E-state index is 12.8. The zero-order valence-electron chi connectivity index (χ0n) is 18.4. The van der Waals surface area contributed by atoms with Gasteiger partial charge in [0.25, 0.3) is 5.91 Å². The second-order valence-corrected chi connectivity index (χ2v) is 10.1. The molecule has 0 unspecified atom stereocenters. The summed E-state index contributed by atoms with van der Waals surface area (Å²) in [4.78, 5) is 13.0. The Kier molecular flexibility index (Phi) is 7.42. The number of carbonyl (C=O) groups is 1. The maximum Gasteiger partial charge on any atom is 0.251 e. The minimum atomic E-state index is -3.46. The zero-order valence-corrected chi connectivity index (χ0v) is 19.2. The number of benzene rings is 3. The van der Waals surface area contributed by atoms with E-state index in [4.69, 9.17) is 4.74 Å². The molecule has 0 aromatic heterocycles. The van der Waals surface area contributed by atoms with Gasteiger partial charge in [-0.15, -0.1) is 0 Å². The highest BCUT2D eigenvalue weighted by Crippen LogP contribution is 2.23. The van der Waals surface area contributed by atoms with Crippen molar-refractivity contribution >= 4 is 15.9 Å². The Morgan fingerprint density at radius 2 is 1.58 bits per heavy atom. The summed E-state index contributed by atoms with van der Waals surface area (Å²) in [6.07, 6.45) is 1.43. The van der Waals surface area contributed by atoms with Gasteiger partial charge in [-0.05, 0) is 54.7 Å². The van der Waals surface area contributed by atoms with Crippen LogP contribution in [0.15, 0.2) is 89.8 Å². The number of sulfonamides is 1. The molecule has 0 aliphatic carbocycles. The quantitative estimate of drug-likeness (QED) is 0.545. The zero-order chi connectivity index (χ0) is 23.1. The lowest BCUT2D eigenvalue weighted by Gasteiger charge is -2.31. The van der Waals surface area contributed by atoms with Gasteiger partial charge >= 0.3 is 0 Å². The van der Waals surface area contributed by atoms with E-state index >= 15 is 0 Å². The van der Waals surface area contributed by atoms with Gasteiger partial charge in [0.2, 0.25) is 10.0 Å². The normalized spacial score (nSPS) is 15.2. The first-order valence-electron chi connectivity index (χ1n) is 11.1. The van der Waals surface area contributed by atoms with E-state index in [0.29, 0.717) is 55.3 Å². The predicted octanol–water partition coefficient (Wildman–Crippen LogP) is 4.10. The molecule has 6 nitrogen and oxygen atoms in total. The molecule has 172 valence electrons. The minimum Gasteiger partial charge on any atom is -0.489 e. The van der Waals surface area contributed by atoms with E-state index in [1.165, 1.54) is 4.31 Å². The minimum absolute atomic E-state index is 0.153. The summed E-state index contributed by atoms with van der Waals surface area (Å²) in [5.41, 5.74) is 1.61. The first-order chi connectivity index (χ1) is 16.0. The molecule has 0 spiro atoms. The van der Waals surface area contributed by atoms with Crippen LogP contribution < -0.4 is 10.1 Å². The molecule has 1 aliphatic rings. The summed E-state index contributed by atoms with van der Waals surface area (Å²) < 4.78 is 32.9. The van der Waals surface area contributed by atoms with E-state index in [9.17, 15) is 13.2 Å². The highest BCUT2D eigenvalue weighted by molar-refractivity contribution is 7.89. The maximum absolute atomic E-state index is 12.8. The van der Waals surface area contributed by atoms with Crippen LogP contribution in [0, 0.1) is 5.92 Å². The molecule has 1 saturated heterocycles. The Labute approximate surface area is 195 Å². The molecule has 3 aromatic carbocycles. The molecule has 4 rings (SSSR count). The number of piperidine rings is 1. The smallest absolute Gasteiger partial charge is 0.251 e. The van der Waals surface area contributed by atoms with Gasteiger partial charge in [0.1, 0.15) is 12.4 Å². The van der Waals surface area contributed by atoms with E-state index < -0.39 is 10.0 Å². The Morgan fingerprint density at radius 1 is 0.909 bits per heavy atom. The lowest BCUT2D eigenvalue weighted by molar-refractivity contribution is 0.0941. The largest absolute Gasteiger partial charge is 0.489 e. The topological polar surface area (TPSA) is 75.7 Å². The van der Waals surface area contributed by atoms with Crippen LogP contribution in [-0.2, 0) is 16.6 Å². The SMILES string of the molecule is O=C(NCC1CCN(S(=O)(=O)c2ccccc2)CC1)c1cccc(OCc2ccccc2)c1. The molecule has 1 aliphatic heterocycles. The second kappa shape index (κ2) is 10.6. The van der Waals surface area contributed by atoms with Crippen molar-refractivity contribution in [1.82, 2.24) is 9.62 Å². The van der Waals surface area contributed by atoms with Crippen molar-refractivity contribution in [2.75, 3.05) is 19.6 Å². The van der Waals surface area contributed by atoms with Crippen molar-refractivity contribution in [2.24, 2.45) is 5.92 Å². The number of ether oxygens (including phenoxy) is 1. The highest BCUT2D eigenvalue weighted by atomic mass is 32.2. The van der Waals surface area contributed by atoms with E-state index in [0.717, 1.165) is 5.56 Å². The van der Waals surface area contributed by atoms with Gasteiger partial charge in [-0.2, -0.15) is 4.31 Å². The van der Waals surface area contributed by atoms with Gasteiger partial charge in [-0.1, -0.05) is 54.6 Å². The molecule has 0 saturated carbocycles. The summed E-state index contributed by atoms with van der Waals surface area (Å²) in [6.45, 7) is 1.88. The van der Waals surface area contributed by atoms with Crippen LogP contribution >= 0.6 is 0 Å². The van der Waals surface area contributed by atoms with Crippen molar-refractivity contribution < 1.29 is 17.9 Å². The standard InChI is InChI=1S/C26H28N2O4S/c29-26(23-10-7-11-24(18-23)32-20-22-8-3-1-4-9-22)27-19-21-14-16-28(17-15-21)33(30,31)25-12-5-2-6-13-25/h1-13,18,21H,14-17,19-20H2,(H,27,29). The van der Waals surface area contributed by atoms with Gasteiger partial charge in [-0.25, -0.2) is 8.42 Å². The molecule has 1 heterocycles. The second-order valence-electron chi connectivity index (χ2n) is 8.17. The van der Waals surface area contributed by atoms with Crippen LogP contribution in [0.4, 0.5) is 0 Å². The third-order valence-corrected chi connectivity index (χ3v) is 7.76. The molecule has 7 heteroatoms. The van der Waals surface area contributed by atoms with Gasteiger partial charge in [0, 0.05) is 25.2 Å². The fraction of sp³-hybridized carbons (Fsp3) is 0.269. The van der Waals surface area contributed by atoms with Crippen LogP contribution in [0.25, 0.3) is 0 Å². The fourth-order valence-corrected chi connectivity index (χ4v) is 5.39. The average molecular weight is 465 g/mol. The molecule has 33 heavy (non-hydrogen) atoms. The number of nitrogens with one attached hydrogen (secondary N) is 1.